The molecule has 28 heavy (non-hydrogen) atoms. The second-order valence-corrected chi connectivity index (χ2v) is 6.21. The first-order chi connectivity index (χ1) is 13.2. The molecule has 0 bridgehead atoms. The third-order valence-electron chi connectivity index (χ3n) is 3.73. The highest BCUT2D eigenvalue weighted by atomic mass is 19.2. The number of nitro benzene ring substituents is 1. The Hall–Kier alpha value is -3.36. The highest BCUT2D eigenvalue weighted by Crippen LogP contribution is 2.28. The number of amides is 1. The number of rotatable bonds is 7. The van der Waals surface area contributed by atoms with Crippen molar-refractivity contribution in [2.45, 2.75) is 32.4 Å². The Bertz CT molecular complexity index is 902. The van der Waals surface area contributed by atoms with Crippen LogP contribution in [-0.4, -0.2) is 22.9 Å². The van der Waals surface area contributed by atoms with Gasteiger partial charge in [0.25, 0.3) is 11.6 Å². The molecule has 0 fully saturated rings. The van der Waals surface area contributed by atoms with Gasteiger partial charge in [0.2, 0.25) is 0 Å². The normalized spacial score (nSPS) is 11.8. The molecule has 1 N–H and O–H groups in total. The summed E-state index contributed by atoms with van der Waals surface area (Å²) >= 11 is 0. The summed E-state index contributed by atoms with van der Waals surface area (Å²) in [7, 11) is 0. The van der Waals surface area contributed by atoms with E-state index in [-0.39, 0.29) is 23.2 Å². The van der Waals surface area contributed by atoms with E-state index in [9.17, 15) is 28.5 Å². The Balaban J connectivity index is 2.35. The summed E-state index contributed by atoms with van der Waals surface area (Å²) in [5.74, 6) is -3.83. The third kappa shape index (κ3) is 5.32. The van der Waals surface area contributed by atoms with Gasteiger partial charge in [0, 0.05) is 11.6 Å². The zero-order valence-electron chi connectivity index (χ0n) is 15.1. The van der Waals surface area contributed by atoms with Gasteiger partial charge in [-0.2, -0.15) is 0 Å². The fraction of sp³-hybridized carbons (Fsp3) is 0.263. The number of hydrogen-bond acceptors (Lipinski definition) is 5. The molecule has 7 nitrogen and oxygen atoms in total. The van der Waals surface area contributed by atoms with Gasteiger partial charge < -0.3 is 10.1 Å². The number of carbonyl (C=O) groups is 2. The summed E-state index contributed by atoms with van der Waals surface area (Å²) in [6, 6.07) is 7.06. The fourth-order valence-corrected chi connectivity index (χ4v) is 2.54. The summed E-state index contributed by atoms with van der Waals surface area (Å²) in [5.41, 5.74) is -0.403. The predicted molar refractivity (Wildman–Crippen MR) is 95.5 cm³/mol. The van der Waals surface area contributed by atoms with E-state index in [4.69, 9.17) is 4.74 Å². The molecule has 0 saturated heterocycles. The Morgan fingerprint density at radius 1 is 1.14 bits per heavy atom. The highest BCUT2D eigenvalue weighted by molar-refractivity contribution is 5.94. The minimum absolute atomic E-state index is 0.0872. The summed E-state index contributed by atoms with van der Waals surface area (Å²) in [5, 5.41) is 13.8. The molecule has 0 aromatic heterocycles. The molecule has 0 aliphatic carbocycles. The van der Waals surface area contributed by atoms with E-state index in [1.807, 2.05) is 0 Å². The molecule has 2 rings (SSSR count). The number of carbonyl (C=O) groups excluding carboxylic acids is 2. The van der Waals surface area contributed by atoms with Crippen molar-refractivity contribution in [1.29, 1.82) is 0 Å². The number of nitrogens with one attached hydrogen (secondary N) is 1. The molecule has 0 aliphatic heterocycles. The number of benzene rings is 2. The van der Waals surface area contributed by atoms with Crippen LogP contribution in [0.1, 0.15) is 42.2 Å². The summed E-state index contributed by atoms with van der Waals surface area (Å²) in [6.07, 6.45) is -0.792. The molecule has 2 aromatic rings. The first-order valence-electron chi connectivity index (χ1n) is 8.37. The molecule has 0 spiro atoms. The molecular formula is C19H18F2N2O5. The first-order valence-corrected chi connectivity index (χ1v) is 8.37. The Labute approximate surface area is 159 Å². The molecule has 1 atom stereocenters. The van der Waals surface area contributed by atoms with Crippen LogP contribution < -0.4 is 5.32 Å². The monoisotopic (exact) mass is 392 g/mol. The zero-order valence-corrected chi connectivity index (χ0v) is 15.1. The maximum absolute atomic E-state index is 13.4. The molecule has 0 saturated carbocycles. The van der Waals surface area contributed by atoms with Crippen molar-refractivity contribution in [3.63, 3.8) is 0 Å². The second kappa shape index (κ2) is 9.03. The van der Waals surface area contributed by atoms with Crippen molar-refractivity contribution in [3.8, 4) is 0 Å². The lowest BCUT2D eigenvalue weighted by Gasteiger charge is -2.19. The van der Waals surface area contributed by atoms with E-state index in [0.717, 1.165) is 12.1 Å². The molecule has 0 aliphatic rings. The summed E-state index contributed by atoms with van der Waals surface area (Å²) < 4.78 is 31.5. The lowest BCUT2D eigenvalue weighted by Crippen LogP contribution is -2.31. The smallest absolute Gasteiger partial charge is 0.308 e. The van der Waals surface area contributed by atoms with Crippen LogP contribution in [-0.2, 0) is 9.53 Å². The van der Waals surface area contributed by atoms with Crippen molar-refractivity contribution in [2.75, 3.05) is 0 Å². The van der Waals surface area contributed by atoms with Crippen LogP contribution in [0.2, 0.25) is 0 Å². The molecule has 1 amide bonds. The molecule has 0 heterocycles. The van der Waals surface area contributed by atoms with Crippen LogP contribution in [0.5, 0.6) is 0 Å². The number of hydrogen-bond donors (Lipinski definition) is 1. The average Bonchev–Trinajstić information content (AvgIpc) is 2.62. The lowest BCUT2D eigenvalue weighted by molar-refractivity contribution is -0.385. The van der Waals surface area contributed by atoms with E-state index in [1.54, 1.807) is 13.8 Å². The van der Waals surface area contributed by atoms with Gasteiger partial charge >= 0.3 is 5.97 Å². The average molecular weight is 392 g/mol. The van der Waals surface area contributed by atoms with Gasteiger partial charge in [-0.05, 0) is 32.0 Å². The van der Waals surface area contributed by atoms with Crippen molar-refractivity contribution in [2.24, 2.45) is 0 Å². The van der Waals surface area contributed by atoms with Gasteiger partial charge in [0.05, 0.1) is 29.1 Å². The number of nitrogens with zero attached hydrogens (tertiary/aromatic N) is 1. The zero-order chi connectivity index (χ0) is 20.8. The van der Waals surface area contributed by atoms with Gasteiger partial charge in [-0.15, -0.1) is 0 Å². The third-order valence-corrected chi connectivity index (χ3v) is 3.73. The van der Waals surface area contributed by atoms with E-state index >= 15 is 0 Å². The van der Waals surface area contributed by atoms with Gasteiger partial charge in [-0.1, -0.05) is 18.2 Å². The molecule has 148 valence electrons. The number of nitro groups is 1. The summed E-state index contributed by atoms with van der Waals surface area (Å²) in [4.78, 5) is 35.2. The van der Waals surface area contributed by atoms with E-state index < -0.39 is 40.6 Å². The SMILES string of the molecule is CC(C)OC(=O)CC(NC(=O)c1ccc(F)c(F)c1)c1ccccc1[N+](=O)[O-]. The minimum Gasteiger partial charge on any atom is -0.463 e. The van der Waals surface area contributed by atoms with E-state index in [2.05, 4.69) is 5.32 Å². The standard InChI is InChI=1S/C19H18F2N2O5/c1-11(2)28-18(24)10-16(13-5-3-4-6-17(13)23(26)27)22-19(25)12-7-8-14(20)15(21)9-12/h3-9,11,16H,10H2,1-2H3,(H,22,25). The van der Waals surface area contributed by atoms with Crippen molar-refractivity contribution < 1.29 is 28.0 Å². The van der Waals surface area contributed by atoms with Crippen molar-refractivity contribution in [3.05, 3.63) is 75.3 Å². The van der Waals surface area contributed by atoms with Crippen molar-refractivity contribution in [1.82, 2.24) is 5.32 Å². The molecule has 2 aromatic carbocycles. The number of halogens is 2. The predicted octanol–water partition coefficient (Wildman–Crippen LogP) is 3.69. The number of para-hydroxylation sites is 1. The van der Waals surface area contributed by atoms with Crippen LogP contribution in [0.15, 0.2) is 42.5 Å². The van der Waals surface area contributed by atoms with Crippen LogP contribution in [0.25, 0.3) is 0 Å². The maximum atomic E-state index is 13.4. The Kier molecular flexibility index (Phi) is 6.75. The second-order valence-electron chi connectivity index (χ2n) is 6.21. The topological polar surface area (TPSA) is 98.5 Å². The highest BCUT2D eigenvalue weighted by Gasteiger charge is 2.27. The van der Waals surface area contributed by atoms with Gasteiger partial charge in [-0.25, -0.2) is 8.78 Å². The van der Waals surface area contributed by atoms with Crippen LogP contribution in [0.4, 0.5) is 14.5 Å². The van der Waals surface area contributed by atoms with Crippen molar-refractivity contribution >= 4 is 17.6 Å². The van der Waals surface area contributed by atoms with Gasteiger partial charge in [0.1, 0.15) is 0 Å². The van der Waals surface area contributed by atoms with Gasteiger partial charge in [-0.3, -0.25) is 19.7 Å². The number of ether oxygens (including phenoxy) is 1. The van der Waals surface area contributed by atoms with E-state index in [0.29, 0.717) is 6.07 Å². The lowest BCUT2D eigenvalue weighted by atomic mass is 10.0. The summed E-state index contributed by atoms with van der Waals surface area (Å²) in [6.45, 7) is 3.27. The largest absolute Gasteiger partial charge is 0.463 e. The van der Waals surface area contributed by atoms with Crippen LogP contribution >= 0.6 is 0 Å². The van der Waals surface area contributed by atoms with Crippen LogP contribution in [0.3, 0.4) is 0 Å². The Morgan fingerprint density at radius 2 is 1.82 bits per heavy atom. The molecule has 1 unspecified atom stereocenters. The van der Waals surface area contributed by atoms with Gasteiger partial charge in [0.15, 0.2) is 11.6 Å². The first kappa shape index (κ1) is 20.9. The molecular weight excluding hydrogens is 374 g/mol. The number of esters is 1. The Morgan fingerprint density at radius 3 is 2.43 bits per heavy atom. The van der Waals surface area contributed by atoms with E-state index in [1.165, 1.54) is 24.3 Å². The molecule has 9 heteroatoms. The molecule has 0 radical (unpaired) electrons. The minimum atomic E-state index is -1.21. The fourth-order valence-electron chi connectivity index (χ4n) is 2.54. The quantitative estimate of drug-likeness (QED) is 0.440. The maximum Gasteiger partial charge on any atom is 0.308 e. The van der Waals surface area contributed by atoms with Crippen LogP contribution in [0, 0.1) is 21.7 Å².